The summed E-state index contributed by atoms with van der Waals surface area (Å²) in [5.74, 6) is -0.514. The van der Waals surface area contributed by atoms with Gasteiger partial charge in [-0.25, -0.2) is 13.8 Å². The summed E-state index contributed by atoms with van der Waals surface area (Å²) in [6, 6.07) is 11.2. The molecule has 0 saturated heterocycles. The average Bonchev–Trinajstić information content (AvgIpc) is 3.10. The Kier molecular flexibility index (Phi) is 4.73. The topological polar surface area (TPSA) is 39.4 Å². The van der Waals surface area contributed by atoms with E-state index in [4.69, 9.17) is 16.3 Å². The minimum atomic E-state index is -0.865. The monoisotopic (exact) mass is 385 g/mol. The Morgan fingerprint density at radius 1 is 0.963 bits per heavy atom. The van der Waals surface area contributed by atoms with Crippen LogP contribution < -0.4 is 4.74 Å². The number of hydrogen-bond acceptors (Lipinski definition) is 3. The maximum absolute atomic E-state index is 13.3. The fraction of sp³-hybridized carbons (Fsp3) is 0.100. The number of benzene rings is 2. The van der Waals surface area contributed by atoms with Crippen molar-refractivity contribution in [3.05, 3.63) is 83.3 Å². The third-order valence-electron chi connectivity index (χ3n) is 4.13. The first-order valence-electron chi connectivity index (χ1n) is 8.26. The summed E-state index contributed by atoms with van der Waals surface area (Å²) in [6.45, 7) is 0.282. The van der Waals surface area contributed by atoms with E-state index in [0.29, 0.717) is 28.7 Å². The molecule has 2 heterocycles. The first kappa shape index (κ1) is 17.4. The van der Waals surface area contributed by atoms with Crippen LogP contribution in [-0.4, -0.2) is 21.0 Å². The number of halogens is 3. The van der Waals surface area contributed by atoms with Gasteiger partial charge in [0.2, 0.25) is 5.88 Å². The summed E-state index contributed by atoms with van der Waals surface area (Å²) in [5.41, 5.74) is 2.32. The van der Waals surface area contributed by atoms with Crippen LogP contribution in [0.25, 0.3) is 16.9 Å². The summed E-state index contributed by atoms with van der Waals surface area (Å²) in [6.07, 6.45) is 5.42. The van der Waals surface area contributed by atoms with Crippen LogP contribution in [0, 0.1) is 11.6 Å². The van der Waals surface area contributed by atoms with Gasteiger partial charge in [-0.3, -0.25) is 9.38 Å². The summed E-state index contributed by atoms with van der Waals surface area (Å²) >= 11 is 5.96. The Balaban J connectivity index is 1.59. The maximum atomic E-state index is 13.3. The minimum absolute atomic E-state index is 0.282. The molecule has 7 heteroatoms. The minimum Gasteiger partial charge on any atom is -0.477 e. The molecular formula is C20H14ClF2N3O. The smallest absolute Gasteiger partial charge is 0.218 e. The van der Waals surface area contributed by atoms with Gasteiger partial charge < -0.3 is 4.74 Å². The molecular weight excluding hydrogens is 372 g/mol. The maximum Gasteiger partial charge on any atom is 0.218 e. The molecule has 0 aliphatic carbocycles. The number of ether oxygens (including phenoxy) is 1. The van der Waals surface area contributed by atoms with Crippen LogP contribution in [0.3, 0.4) is 0 Å². The van der Waals surface area contributed by atoms with Crippen molar-refractivity contribution in [2.24, 2.45) is 0 Å². The van der Waals surface area contributed by atoms with Crippen molar-refractivity contribution < 1.29 is 13.5 Å². The second-order valence-electron chi connectivity index (χ2n) is 5.94. The molecule has 0 saturated carbocycles. The molecule has 0 spiro atoms. The molecule has 0 radical (unpaired) electrons. The number of rotatable bonds is 5. The van der Waals surface area contributed by atoms with Gasteiger partial charge in [-0.15, -0.1) is 0 Å². The van der Waals surface area contributed by atoms with Gasteiger partial charge in [-0.05, 0) is 42.0 Å². The highest BCUT2D eigenvalue weighted by Gasteiger charge is 2.12. The first-order valence-corrected chi connectivity index (χ1v) is 8.64. The molecule has 0 amide bonds. The predicted octanol–water partition coefficient (Wildman–Crippen LogP) is 4.95. The van der Waals surface area contributed by atoms with Gasteiger partial charge in [-0.2, -0.15) is 0 Å². The normalized spacial score (nSPS) is 11.1. The van der Waals surface area contributed by atoms with Crippen LogP contribution in [-0.2, 0) is 6.42 Å². The lowest BCUT2D eigenvalue weighted by atomic mass is 10.1. The van der Waals surface area contributed by atoms with Crippen LogP contribution in [0.5, 0.6) is 5.88 Å². The largest absolute Gasteiger partial charge is 0.477 e. The fourth-order valence-electron chi connectivity index (χ4n) is 2.80. The molecule has 4 aromatic rings. The zero-order chi connectivity index (χ0) is 18.8. The molecule has 4 rings (SSSR count). The highest BCUT2D eigenvalue weighted by molar-refractivity contribution is 6.30. The Bertz CT molecular complexity index is 1100. The molecule has 0 aliphatic rings. The molecule has 0 unspecified atom stereocenters. The van der Waals surface area contributed by atoms with Gasteiger partial charge in [0.1, 0.15) is 5.82 Å². The molecule has 2 aromatic heterocycles. The quantitative estimate of drug-likeness (QED) is 0.488. The third-order valence-corrected chi connectivity index (χ3v) is 4.38. The lowest BCUT2D eigenvalue weighted by Crippen LogP contribution is -2.06. The summed E-state index contributed by atoms with van der Waals surface area (Å²) < 4.78 is 34.0. The molecule has 0 bridgehead atoms. The van der Waals surface area contributed by atoms with Gasteiger partial charge in [-0.1, -0.05) is 17.7 Å². The zero-order valence-electron chi connectivity index (χ0n) is 14.1. The van der Waals surface area contributed by atoms with E-state index in [1.54, 1.807) is 30.7 Å². The summed E-state index contributed by atoms with van der Waals surface area (Å²) in [4.78, 5) is 8.62. The lowest BCUT2D eigenvalue weighted by Gasteiger charge is -2.10. The number of hydrogen-bond donors (Lipinski definition) is 0. The SMILES string of the molecule is Fc1ccc(CCOc2cncc3cnc(-c4ccc(Cl)cc4)n23)cc1F. The van der Waals surface area contributed by atoms with Crippen molar-refractivity contribution in [3.8, 4) is 17.3 Å². The molecule has 0 atom stereocenters. The van der Waals surface area contributed by atoms with Crippen molar-refractivity contribution in [3.63, 3.8) is 0 Å². The molecule has 4 nitrogen and oxygen atoms in total. The Labute approximate surface area is 159 Å². The van der Waals surface area contributed by atoms with Crippen LogP contribution in [0.1, 0.15) is 5.56 Å². The Morgan fingerprint density at radius 3 is 2.56 bits per heavy atom. The lowest BCUT2D eigenvalue weighted by molar-refractivity contribution is 0.304. The molecule has 0 fully saturated rings. The molecule has 27 heavy (non-hydrogen) atoms. The average molecular weight is 386 g/mol. The Hall–Kier alpha value is -2.99. The van der Waals surface area contributed by atoms with E-state index in [2.05, 4.69) is 9.97 Å². The van der Waals surface area contributed by atoms with E-state index < -0.39 is 11.6 Å². The second-order valence-corrected chi connectivity index (χ2v) is 6.38. The zero-order valence-corrected chi connectivity index (χ0v) is 14.8. The highest BCUT2D eigenvalue weighted by Crippen LogP contribution is 2.25. The molecule has 0 aliphatic heterocycles. The summed E-state index contributed by atoms with van der Waals surface area (Å²) in [5, 5.41) is 0.643. The van der Waals surface area contributed by atoms with Crippen LogP contribution in [0.4, 0.5) is 8.78 Å². The van der Waals surface area contributed by atoms with Gasteiger partial charge in [0.05, 0.1) is 30.7 Å². The van der Waals surface area contributed by atoms with Gasteiger partial charge in [0.25, 0.3) is 0 Å². The second kappa shape index (κ2) is 7.32. The molecule has 2 aromatic carbocycles. The number of aromatic nitrogens is 3. The van der Waals surface area contributed by atoms with Gasteiger partial charge >= 0.3 is 0 Å². The number of nitrogens with zero attached hydrogens (tertiary/aromatic N) is 3. The van der Waals surface area contributed by atoms with Crippen LogP contribution in [0.2, 0.25) is 5.02 Å². The third kappa shape index (κ3) is 3.61. The van der Waals surface area contributed by atoms with Crippen molar-refractivity contribution in [1.29, 1.82) is 0 Å². The molecule has 0 N–H and O–H groups in total. The fourth-order valence-corrected chi connectivity index (χ4v) is 2.92. The Morgan fingerprint density at radius 2 is 1.78 bits per heavy atom. The van der Waals surface area contributed by atoms with Gasteiger partial charge in [0.15, 0.2) is 11.6 Å². The van der Waals surface area contributed by atoms with E-state index in [0.717, 1.165) is 17.1 Å². The van der Waals surface area contributed by atoms with Crippen molar-refractivity contribution in [1.82, 2.24) is 14.4 Å². The van der Waals surface area contributed by atoms with E-state index in [9.17, 15) is 8.78 Å². The molecule has 136 valence electrons. The highest BCUT2D eigenvalue weighted by atomic mass is 35.5. The van der Waals surface area contributed by atoms with Crippen LogP contribution in [0.15, 0.2) is 61.1 Å². The standard InChI is InChI=1S/C20H14ClF2N3O/c21-15-4-2-14(3-5-15)20-25-11-16-10-24-12-19(26(16)20)27-8-7-13-1-6-17(22)18(23)9-13/h1-6,9-12H,7-8H2. The van der Waals surface area contributed by atoms with E-state index >= 15 is 0 Å². The van der Waals surface area contributed by atoms with Crippen LogP contribution >= 0.6 is 11.6 Å². The van der Waals surface area contributed by atoms with Crippen molar-refractivity contribution in [2.75, 3.05) is 6.61 Å². The van der Waals surface area contributed by atoms with Crippen molar-refractivity contribution in [2.45, 2.75) is 6.42 Å². The van der Waals surface area contributed by atoms with Gasteiger partial charge in [0, 0.05) is 17.0 Å². The summed E-state index contributed by atoms with van der Waals surface area (Å²) in [7, 11) is 0. The van der Waals surface area contributed by atoms with E-state index in [-0.39, 0.29) is 6.61 Å². The van der Waals surface area contributed by atoms with Crippen molar-refractivity contribution >= 4 is 17.1 Å². The van der Waals surface area contributed by atoms with E-state index in [1.165, 1.54) is 12.1 Å². The number of fused-ring (bicyclic) bond motifs is 1. The van der Waals surface area contributed by atoms with E-state index in [1.807, 2.05) is 16.5 Å². The number of imidazole rings is 1. The first-order chi connectivity index (χ1) is 13.1. The predicted molar refractivity (Wildman–Crippen MR) is 99.0 cm³/mol.